The van der Waals surface area contributed by atoms with E-state index in [-0.39, 0.29) is 24.0 Å². The number of nitrogens with zero attached hydrogens (tertiary/aromatic N) is 1. The topological polar surface area (TPSA) is 70.7 Å². The third-order valence-corrected chi connectivity index (χ3v) is 5.97. The molecule has 30 heavy (non-hydrogen) atoms. The highest BCUT2D eigenvalue weighted by atomic mass is 16.6. The van der Waals surface area contributed by atoms with Gasteiger partial charge in [-0.3, -0.25) is 9.69 Å². The Labute approximate surface area is 180 Å². The van der Waals surface area contributed by atoms with Gasteiger partial charge >= 0.3 is 6.09 Å². The Kier molecular flexibility index (Phi) is 7.89. The van der Waals surface area contributed by atoms with Crippen molar-refractivity contribution >= 4 is 11.9 Å². The van der Waals surface area contributed by atoms with Gasteiger partial charge in [0.1, 0.15) is 5.60 Å². The predicted octanol–water partition coefficient (Wildman–Crippen LogP) is 3.76. The number of hydrogen-bond acceptors (Lipinski definition) is 5. The molecule has 6 heteroatoms. The molecule has 1 saturated carbocycles. The first-order chi connectivity index (χ1) is 14.3. The van der Waals surface area contributed by atoms with Crippen LogP contribution in [0.5, 0.6) is 0 Å². The van der Waals surface area contributed by atoms with Crippen LogP contribution in [0.15, 0.2) is 30.3 Å². The van der Waals surface area contributed by atoms with Crippen molar-refractivity contribution in [2.24, 2.45) is 0 Å². The molecule has 6 nitrogen and oxygen atoms in total. The highest BCUT2D eigenvalue weighted by Crippen LogP contribution is 2.22. The molecule has 1 heterocycles. The third-order valence-electron chi connectivity index (χ3n) is 5.97. The summed E-state index contributed by atoms with van der Waals surface area (Å²) in [6.07, 6.45) is 6.12. The van der Waals surface area contributed by atoms with E-state index in [0.29, 0.717) is 12.6 Å². The van der Waals surface area contributed by atoms with Crippen LogP contribution in [0, 0.1) is 0 Å². The van der Waals surface area contributed by atoms with Crippen molar-refractivity contribution in [1.29, 1.82) is 0 Å². The Balaban J connectivity index is 1.44. The van der Waals surface area contributed by atoms with E-state index in [1.807, 2.05) is 51.1 Å². The lowest BCUT2D eigenvalue weighted by Crippen LogP contribution is -2.56. The van der Waals surface area contributed by atoms with Gasteiger partial charge in [-0.05, 0) is 46.5 Å². The van der Waals surface area contributed by atoms with Crippen LogP contribution >= 0.6 is 0 Å². The van der Waals surface area contributed by atoms with E-state index < -0.39 is 5.60 Å². The summed E-state index contributed by atoms with van der Waals surface area (Å²) in [4.78, 5) is 26.9. The standard InChI is InChI=1S/C24H37N3O3/c1-24(2,3)30-23(29)26-21-12-8-7-11-20(21)25-19-13-15-27(16-14-19)17-22(28)18-9-5-4-6-10-18/h4-6,9-10,19-21,25H,7-8,11-17H2,1-3H3,(H,26,29)/t20-,21+/m0/s1. The van der Waals surface area contributed by atoms with E-state index in [1.54, 1.807) is 0 Å². The fraction of sp³-hybridized carbons (Fsp3) is 0.667. The molecule has 0 bridgehead atoms. The first-order valence-corrected chi connectivity index (χ1v) is 11.4. The summed E-state index contributed by atoms with van der Waals surface area (Å²) >= 11 is 0. The number of hydrogen-bond donors (Lipinski definition) is 2. The average Bonchev–Trinajstić information content (AvgIpc) is 2.70. The Morgan fingerprint density at radius 2 is 1.63 bits per heavy atom. The molecule has 2 atom stereocenters. The lowest BCUT2D eigenvalue weighted by molar-refractivity contribution is 0.0474. The van der Waals surface area contributed by atoms with Crippen molar-refractivity contribution < 1.29 is 14.3 Å². The molecule has 0 spiro atoms. The molecule has 1 saturated heterocycles. The number of nitrogens with one attached hydrogen (secondary N) is 2. The maximum absolute atomic E-state index is 12.4. The highest BCUT2D eigenvalue weighted by Gasteiger charge is 2.31. The molecule has 1 aromatic carbocycles. The predicted molar refractivity (Wildman–Crippen MR) is 119 cm³/mol. The normalized spacial score (nSPS) is 23.7. The molecule has 166 valence electrons. The molecule has 2 aliphatic rings. The third kappa shape index (κ3) is 7.10. The molecule has 0 unspecified atom stereocenters. The number of likely N-dealkylation sites (tertiary alicyclic amines) is 1. The minimum absolute atomic E-state index is 0.117. The molecule has 1 aliphatic carbocycles. The fourth-order valence-corrected chi connectivity index (χ4v) is 4.44. The van der Waals surface area contributed by atoms with E-state index in [1.165, 1.54) is 6.42 Å². The smallest absolute Gasteiger partial charge is 0.407 e. The second-order valence-corrected chi connectivity index (χ2v) is 9.65. The van der Waals surface area contributed by atoms with Gasteiger partial charge in [-0.15, -0.1) is 0 Å². The van der Waals surface area contributed by atoms with E-state index >= 15 is 0 Å². The van der Waals surface area contributed by atoms with Crippen LogP contribution in [-0.4, -0.2) is 60.1 Å². The number of amides is 1. The van der Waals surface area contributed by atoms with Gasteiger partial charge in [0, 0.05) is 36.8 Å². The number of ketones is 1. The minimum atomic E-state index is -0.480. The van der Waals surface area contributed by atoms with Crippen LogP contribution in [0.2, 0.25) is 0 Å². The molecular formula is C24H37N3O3. The lowest BCUT2D eigenvalue weighted by Gasteiger charge is -2.39. The van der Waals surface area contributed by atoms with Crippen LogP contribution in [0.3, 0.4) is 0 Å². The Hall–Kier alpha value is -1.92. The van der Waals surface area contributed by atoms with Crippen LogP contribution in [0.1, 0.15) is 69.7 Å². The van der Waals surface area contributed by atoms with Crippen LogP contribution in [0.4, 0.5) is 4.79 Å². The number of Topliss-reactive ketones (excluding diaryl/α,β-unsaturated/α-hetero) is 1. The highest BCUT2D eigenvalue weighted by molar-refractivity contribution is 5.97. The molecular weight excluding hydrogens is 378 g/mol. The summed E-state index contributed by atoms with van der Waals surface area (Å²) in [7, 11) is 0. The number of rotatable bonds is 6. The number of alkyl carbamates (subject to hydrolysis) is 1. The van der Waals surface area contributed by atoms with Crippen molar-refractivity contribution in [3.63, 3.8) is 0 Å². The minimum Gasteiger partial charge on any atom is -0.444 e. The molecule has 2 N–H and O–H groups in total. The lowest BCUT2D eigenvalue weighted by atomic mass is 9.89. The van der Waals surface area contributed by atoms with Gasteiger partial charge in [0.25, 0.3) is 0 Å². The number of piperidine rings is 1. The van der Waals surface area contributed by atoms with Crippen LogP contribution in [0.25, 0.3) is 0 Å². The number of benzene rings is 1. The zero-order valence-corrected chi connectivity index (χ0v) is 18.7. The van der Waals surface area contributed by atoms with E-state index in [2.05, 4.69) is 15.5 Å². The van der Waals surface area contributed by atoms with Gasteiger partial charge < -0.3 is 15.4 Å². The zero-order valence-electron chi connectivity index (χ0n) is 18.7. The summed E-state index contributed by atoms with van der Waals surface area (Å²) < 4.78 is 5.45. The Bertz CT molecular complexity index is 693. The zero-order chi connectivity index (χ0) is 21.6. The number of carbonyl (C=O) groups excluding carboxylic acids is 2. The van der Waals surface area contributed by atoms with Crippen molar-refractivity contribution in [3.8, 4) is 0 Å². The maximum Gasteiger partial charge on any atom is 0.407 e. The average molecular weight is 416 g/mol. The van der Waals surface area contributed by atoms with Crippen LogP contribution in [-0.2, 0) is 4.74 Å². The summed E-state index contributed by atoms with van der Waals surface area (Å²) in [6, 6.07) is 10.4. The summed E-state index contributed by atoms with van der Waals surface area (Å²) in [5, 5.41) is 6.89. The van der Waals surface area contributed by atoms with E-state index in [4.69, 9.17) is 4.74 Å². The number of carbonyl (C=O) groups is 2. The first kappa shape index (κ1) is 22.8. The van der Waals surface area contributed by atoms with Gasteiger partial charge in [0.15, 0.2) is 5.78 Å². The number of ether oxygens (including phenoxy) is 1. The molecule has 3 rings (SSSR count). The van der Waals surface area contributed by atoms with E-state index in [0.717, 1.165) is 50.8 Å². The second kappa shape index (κ2) is 10.4. The molecule has 0 aromatic heterocycles. The largest absolute Gasteiger partial charge is 0.444 e. The monoisotopic (exact) mass is 415 g/mol. The summed E-state index contributed by atoms with van der Waals surface area (Å²) in [5.41, 5.74) is 0.308. The first-order valence-electron chi connectivity index (χ1n) is 11.4. The molecule has 1 aliphatic heterocycles. The van der Waals surface area contributed by atoms with Gasteiger partial charge in [-0.2, -0.15) is 0 Å². The molecule has 1 amide bonds. The van der Waals surface area contributed by atoms with Crippen molar-refractivity contribution in [2.45, 2.75) is 83.0 Å². The molecule has 1 aromatic rings. The van der Waals surface area contributed by atoms with Gasteiger partial charge in [-0.1, -0.05) is 43.2 Å². The van der Waals surface area contributed by atoms with E-state index in [9.17, 15) is 9.59 Å². The Morgan fingerprint density at radius 1 is 1.00 bits per heavy atom. The molecule has 2 fully saturated rings. The van der Waals surface area contributed by atoms with Crippen LogP contribution < -0.4 is 10.6 Å². The van der Waals surface area contributed by atoms with Gasteiger partial charge in [0.05, 0.1) is 6.54 Å². The summed E-state index contributed by atoms with van der Waals surface area (Å²) in [5.74, 6) is 0.191. The second-order valence-electron chi connectivity index (χ2n) is 9.65. The fourth-order valence-electron chi connectivity index (χ4n) is 4.44. The van der Waals surface area contributed by atoms with Crippen molar-refractivity contribution in [3.05, 3.63) is 35.9 Å². The van der Waals surface area contributed by atoms with Crippen molar-refractivity contribution in [1.82, 2.24) is 15.5 Å². The molecule has 0 radical (unpaired) electrons. The summed E-state index contributed by atoms with van der Waals surface area (Å²) in [6.45, 7) is 8.00. The Morgan fingerprint density at radius 3 is 2.27 bits per heavy atom. The maximum atomic E-state index is 12.4. The van der Waals surface area contributed by atoms with Gasteiger partial charge in [-0.25, -0.2) is 4.79 Å². The SMILES string of the molecule is CC(C)(C)OC(=O)N[C@@H]1CCCC[C@@H]1NC1CCN(CC(=O)c2ccccc2)CC1. The van der Waals surface area contributed by atoms with Crippen molar-refractivity contribution in [2.75, 3.05) is 19.6 Å². The quantitative estimate of drug-likeness (QED) is 0.693. The van der Waals surface area contributed by atoms with Gasteiger partial charge in [0.2, 0.25) is 0 Å².